The predicted molar refractivity (Wildman–Crippen MR) is 82.1 cm³/mol. The van der Waals surface area contributed by atoms with E-state index in [1.807, 2.05) is 36.4 Å². The second kappa shape index (κ2) is 5.48. The number of esters is 1. The van der Waals surface area contributed by atoms with Crippen molar-refractivity contribution in [2.24, 2.45) is 0 Å². The minimum Gasteiger partial charge on any atom is -0.465 e. The third kappa shape index (κ3) is 2.29. The quantitative estimate of drug-likeness (QED) is 0.540. The fraction of sp³-hybridized carbons (Fsp3) is 0.111. The van der Waals surface area contributed by atoms with E-state index in [2.05, 4.69) is 0 Å². The highest BCUT2D eigenvalue weighted by atomic mass is 16.5. The van der Waals surface area contributed by atoms with Crippen LogP contribution in [0.3, 0.4) is 0 Å². The number of hydrogen-bond acceptors (Lipinski definition) is 4. The summed E-state index contributed by atoms with van der Waals surface area (Å²) in [6.45, 7) is 1.44. The standard InChI is InChI=1S/C18H14O4/c1-11(19)15-8-9-16(22-15)14-10-12-6-4-3-5-7-13(12)17(14)18(20)21-2/h3-10H,1-2H3. The van der Waals surface area contributed by atoms with Crippen molar-refractivity contribution in [1.82, 2.24) is 0 Å². The Kier molecular flexibility index (Phi) is 3.51. The second-order valence-electron chi connectivity index (χ2n) is 4.92. The first-order valence-corrected chi connectivity index (χ1v) is 6.83. The molecule has 1 aromatic rings. The lowest BCUT2D eigenvalue weighted by Gasteiger charge is -2.02. The highest BCUT2D eigenvalue weighted by Crippen LogP contribution is 2.38. The van der Waals surface area contributed by atoms with Crippen LogP contribution in [0, 0.1) is 0 Å². The van der Waals surface area contributed by atoms with Crippen LogP contribution in [0.2, 0.25) is 0 Å². The van der Waals surface area contributed by atoms with E-state index in [4.69, 9.17) is 9.15 Å². The molecule has 2 aliphatic carbocycles. The lowest BCUT2D eigenvalue weighted by molar-refractivity contribution is 0.0602. The number of carbonyl (C=O) groups is 2. The number of furan rings is 1. The molecular weight excluding hydrogens is 280 g/mol. The van der Waals surface area contributed by atoms with Gasteiger partial charge in [0, 0.05) is 12.5 Å². The monoisotopic (exact) mass is 294 g/mol. The molecule has 0 amide bonds. The van der Waals surface area contributed by atoms with Gasteiger partial charge in [-0.3, -0.25) is 4.79 Å². The molecule has 2 aliphatic rings. The fourth-order valence-electron chi connectivity index (χ4n) is 2.48. The van der Waals surface area contributed by atoms with Gasteiger partial charge in [-0.1, -0.05) is 30.3 Å². The first-order chi connectivity index (χ1) is 10.6. The highest BCUT2D eigenvalue weighted by molar-refractivity contribution is 6.06. The van der Waals surface area contributed by atoms with E-state index < -0.39 is 5.97 Å². The van der Waals surface area contributed by atoms with Gasteiger partial charge >= 0.3 is 5.97 Å². The molecule has 0 fully saturated rings. The third-order valence-electron chi connectivity index (χ3n) is 3.52. The number of Topliss-reactive ketones (excluding diaryl/α,β-unsaturated/α-hetero) is 1. The summed E-state index contributed by atoms with van der Waals surface area (Å²) >= 11 is 0. The largest absolute Gasteiger partial charge is 0.465 e. The molecule has 0 unspecified atom stereocenters. The average Bonchev–Trinajstić information content (AvgIpc) is 3.06. The van der Waals surface area contributed by atoms with Crippen molar-refractivity contribution >= 4 is 11.8 Å². The molecule has 4 nitrogen and oxygen atoms in total. The first kappa shape index (κ1) is 14.1. The van der Waals surface area contributed by atoms with Gasteiger partial charge in [-0.15, -0.1) is 0 Å². The van der Waals surface area contributed by atoms with E-state index in [0.717, 1.165) is 11.1 Å². The van der Waals surface area contributed by atoms with Gasteiger partial charge in [-0.2, -0.15) is 0 Å². The van der Waals surface area contributed by atoms with Crippen LogP contribution in [-0.2, 0) is 4.74 Å². The summed E-state index contributed by atoms with van der Waals surface area (Å²) in [6.07, 6.45) is 0. The van der Waals surface area contributed by atoms with Crippen molar-refractivity contribution in [2.75, 3.05) is 7.11 Å². The van der Waals surface area contributed by atoms with Gasteiger partial charge in [-0.25, -0.2) is 4.79 Å². The van der Waals surface area contributed by atoms with Gasteiger partial charge in [0.2, 0.25) is 0 Å². The van der Waals surface area contributed by atoms with Crippen molar-refractivity contribution in [3.05, 3.63) is 59.9 Å². The van der Waals surface area contributed by atoms with E-state index >= 15 is 0 Å². The van der Waals surface area contributed by atoms with Crippen molar-refractivity contribution < 1.29 is 18.7 Å². The van der Waals surface area contributed by atoms with Crippen LogP contribution in [0.25, 0.3) is 22.5 Å². The maximum absolute atomic E-state index is 12.2. The molecule has 110 valence electrons. The van der Waals surface area contributed by atoms with Crippen LogP contribution < -0.4 is 0 Å². The van der Waals surface area contributed by atoms with Crippen molar-refractivity contribution in [1.29, 1.82) is 0 Å². The first-order valence-electron chi connectivity index (χ1n) is 6.83. The second-order valence-corrected chi connectivity index (χ2v) is 4.92. The zero-order valence-corrected chi connectivity index (χ0v) is 12.3. The van der Waals surface area contributed by atoms with Gasteiger partial charge in [0.25, 0.3) is 0 Å². The molecule has 0 atom stereocenters. The molecule has 22 heavy (non-hydrogen) atoms. The predicted octanol–water partition coefficient (Wildman–Crippen LogP) is 4.04. The Morgan fingerprint density at radius 3 is 2.45 bits per heavy atom. The lowest BCUT2D eigenvalue weighted by atomic mass is 10.1. The molecule has 0 spiro atoms. The topological polar surface area (TPSA) is 56.5 Å². The van der Waals surface area contributed by atoms with Crippen LogP contribution >= 0.6 is 0 Å². The SMILES string of the molecule is COC(=O)c1c2cccccc-2cc1-c1ccc(C(C)=O)o1. The Bertz CT molecular complexity index is 829. The van der Waals surface area contributed by atoms with Gasteiger partial charge < -0.3 is 9.15 Å². The third-order valence-corrected chi connectivity index (χ3v) is 3.52. The summed E-state index contributed by atoms with van der Waals surface area (Å²) in [5.74, 6) is 0.149. The van der Waals surface area contributed by atoms with Crippen LogP contribution in [0.15, 0.2) is 52.9 Å². The molecular formula is C18H14O4. The van der Waals surface area contributed by atoms with Gasteiger partial charge in [0.15, 0.2) is 11.5 Å². The molecule has 1 aromatic heterocycles. The number of methoxy groups -OCH3 is 1. The zero-order valence-electron chi connectivity index (χ0n) is 12.3. The number of hydrogen-bond donors (Lipinski definition) is 0. The minimum absolute atomic E-state index is 0.159. The zero-order chi connectivity index (χ0) is 15.7. The Morgan fingerprint density at radius 1 is 1.00 bits per heavy atom. The van der Waals surface area contributed by atoms with Crippen molar-refractivity contribution in [2.45, 2.75) is 6.92 Å². The molecule has 0 saturated heterocycles. The van der Waals surface area contributed by atoms with Crippen molar-refractivity contribution in [3.8, 4) is 22.5 Å². The van der Waals surface area contributed by atoms with Gasteiger partial charge in [0.05, 0.1) is 12.7 Å². The Labute approximate surface area is 127 Å². The summed E-state index contributed by atoms with van der Waals surface area (Å²) in [7, 11) is 1.34. The highest BCUT2D eigenvalue weighted by Gasteiger charge is 2.24. The van der Waals surface area contributed by atoms with Crippen LogP contribution in [0.4, 0.5) is 0 Å². The summed E-state index contributed by atoms with van der Waals surface area (Å²) < 4.78 is 10.5. The van der Waals surface area contributed by atoms with Gasteiger partial charge in [0.1, 0.15) is 5.76 Å². The maximum atomic E-state index is 12.2. The number of carbonyl (C=O) groups excluding carboxylic acids is 2. The molecule has 0 saturated carbocycles. The molecule has 1 heterocycles. The molecule has 0 aliphatic heterocycles. The number of rotatable bonds is 3. The number of fused-ring (bicyclic) bond motifs is 1. The Hall–Kier alpha value is -2.88. The lowest BCUT2D eigenvalue weighted by Crippen LogP contribution is -2.02. The van der Waals surface area contributed by atoms with E-state index in [0.29, 0.717) is 16.9 Å². The van der Waals surface area contributed by atoms with Gasteiger partial charge in [-0.05, 0) is 29.3 Å². The van der Waals surface area contributed by atoms with Crippen LogP contribution in [-0.4, -0.2) is 18.9 Å². The van der Waals surface area contributed by atoms with E-state index in [1.165, 1.54) is 14.0 Å². The fourth-order valence-corrected chi connectivity index (χ4v) is 2.48. The summed E-state index contributed by atoms with van der Waals surface area (Å²) in [4.78, 5) is 23.6. The van der Waals surface area contributed by atoms with Crippen LogP contribution in [0.1, 0.15) is 27.8 Å². The molecule has 0 N–H and O–H groups in total. The normalized spacial score (nSPS) is 10.6. The summed E-state index contributed by atoms with van der Waals surface area (Å²) in [5.41, 5.74) is 2.76. The number of ether oxygens (including phenoxy) is 1. The summed E-state index contributed by atoms with van der Waals surface area (Å²) in [5, 5.41) is 0. The maximum Gasteiger partial charge on any atom is 0.339 e. The van der Waals surface area contributed by atoms with Crippen LogP contribution in [0.5, 0.6) is 0 Å². The summed E-state index contributed by atoms with van der Waals surface area (Å²) in [6, 6.07) is 14.6. The molecule has 0 aromatic carbocycles. The van der Waals surface area contributed by atoms with E-state index in [9.17, 15) is 9.59 Å². The Balaban J connectivity index is 2.25. The molecule has 4 heteroatoms. The van der Waals surface area contributed by atoms with E-state index in [1.54, 1.807) is 12.1 Å². The molecule has 0 bridgehead atoms. The van der Waals surface area contributed by atoms with Crippen molar-refractivity contribution in [3.63, 3.8) is 0 Å². The Morgan fingerprint density at radius 2 is 1.77 bits per heavy atom. The number of ketones is 1. The minimum atomic E-state index is -0.433. The smallest absolute Gasteiger partial charge is 0.339 e. The van der Waals surface area contributed by atoms with E-state index in [-0.39, 0.29) is 11.5 Å². The molecule has 3 rings (SSSR count). The molecule has 0 radical (unpaired) electrons. The average molecular weight is 294 g/mol.